The zero-order valence-corrected chi connectivity index (χ0v) is 16.8. The van der Waals surface area contributed by atoms with E-state index in [1.54, 1.807) is 24.4 Å². The van der Waals surface area contributed by atoms with E-state index in [9.17, 15) is 13.2 Å². The number of nitrogens with zero attached hydrogens (tertiary/aromatic N) is 3. The van der Waals surface area contributed by atoms with Gasteiger partial charge in [-0.05, 0) is 45.0 Å². The van der Waals surface area contributed by atoms with Crippen molar-refractivity contribution >= 4 is 21.3 Å². The van der Waals surface area contributed by atoms with Gasteiger partial charge in [0.1, 0.15) is 0 Å². The maximum atomic E-state index is 12.5. The van der Waals surface area contributed by atoms with Crippen molar-refractivity contribution in [2.24, 2.45) is 0 Å². The van der Waals surface area contributed by atoms with E-state index >= 15 is 0 Å². The molecule has 1 fully saturated rings. The summed E-state index contributed by atoms with van der Waals surface area (Å²) in [6, 6.07) is 5.84. The molecule has 0 saturated heterocycles. The Kier molecular flexibility index (Phi) is 6.16. The quantitative estimate of drug-likeness (QED) is 0.730. The molecule has 2 heterocycles. The number of carbonyl (C=O) groups excluding carboxylic acids is 1. The third-order valence-electron chi connectivity index (χ3n) is 5.23. The lowest BCUT2D eigenvalue weighted by atomic mass is 9.94. The highest BCUT2D eigenvalue weighted by atomic mass is 32.2. The number of sulfone groups is 1. The number of aromatic nitrogens is 2. The molecule has 0 aliphatic heterocycles. The molecule has 1 N–H and O–H groups in total. The zero-order chi connectivity index (χ0) is 19.4. The van der Waals surface area contributed by atoms with Gasteiger partial charge in [0.15, 0.2) is 5.69 Å². The van der Waals surface area contributed by atoms with Crippen LogP contribution in [-0.2, 0) is 9.84 Å². The highest BCUT2D eigenvalue weighted by Gasteiger charge is 2.22. The molecule has 1 saturated carbocycles. The van der Waals surface area contributed by atoms with Crippen LogP contribution in [0.4, 0.5) is 0 Å². The Morgan fingerprint density at radius 3 is 2.74 bits per heavy atom. The van der Waals surface area contributed by atoms with Crippen molar-refractivity contribution in [3.63, 3.8) is 0 Å². The first-order valence-electron chi connectivity index (χ1n) is 9.53. The van der Waals surface area contributed by atoms with Crippen LogP contribution in [0.15, 0.2) is 29.6 Å². The van der Waals surface area contributed by atoms with Gasteiger partial charge in [0, 0.05) is 25.0 Å². The van der Waals surface area contributed by atoms with Crippen LogP contribution in [0.25, 0.3) is 5.52 Å². The van der Waals surface area contributed by atoms with E-state index in [1.165, 1.54) is 36.5 Å². The Morgan fingerprint density at radius 2 is 2.04 bits per heavy atom. The van der Waals surface area contributed by atoms with Gasteiger partial charge in [0.25, 0.3) is 5.91 Å². The van der Waals surface area contributed by atoms with Gasteiger partial charge in [-0.3, -0.25) is 9.20 Å². The van der Waals surface area contributed by atoms with E-state index in [1.807, 2.05) is 0 Å². The fraction of sp³-hybridized carbons (Fsp3) is 0.579. The Bertz CT molecular complexity index is 901. The number of pyridine rings is 1. The van der Waals surface area contributed by atoms with E-state index < -0.39 is 9.84 Å². The summed E-state index contributed by atoms with van der Waals surface area (Å²) in [4.78, 5) is 19.0. The van der Waals surface area contributed by atoms with Gasteiger partial charge in [-0.1, -0.05) is 25.3 Å². The Hall–Kier alpha value is -1.93. The summed E-state index contributed by atoms with van der Waals surface area (Å²) in [5.41, 5.74) is 0.645. The standard InChI is InChI=1S/C19H28N4O3S/c1-22(15-9-4-3-5-10-15)13-8-12-20-18(24)17-16-11-6-7-14-23(16)19(21-17)27(2,25)26/h6-7,11,14-15H,3-5,8-10,12-13H2,1-2H3,(H,20,24). The maximum absolute atomic E-state index is 12.5. The third-order valence-corrected chi connectivity index (χ3v) is 6.19. The van der Waals surface area contributed by atoms with Crippen LogP contribution in [0.2, 0.25) is 0 Å². The van der Waals surface area contributed by atoms with E-state index in [0.29, 0.717) is 18.1 Å². The lowest BCUT2D eigenvalue weighted by Crippen LogP contribution is -2.35. The van der Waals surface area contributed by atoms with Gasteiger partial charge in [-0.2, -0.15) is 0 Å². The van der Waals surface area contributed by atoms with Crippen LogP contribution in [0.5, 0.6) is 0 Å². The normalized spacial score (nSPS) is 16.1. The number of hydrogen-bond acceptors (Lipinski definition) is 5. The summed E-state index contributed by atoms with van der Waals surface area (Å²) in [7, 11) is -1.37. The third kappa shape index (κ3) is 4.68. The SMILES string of the molecule is CN(CCCNC(=O)c1nc(S(C)(=O)=O)n2ccccc12)C1CCCCC1. The second kappa shape index (κ2) is 8.39. The summed E-state index contributed by atoms with van der Waals surface area (Å²) < 4.78 is 25.3. The molecule has 8 heteroatoms. The van der Waals surface area contributed by atoms with Crippen LogP contribution in [-0.4, -0.2) is 61.0 Å². The molecule has 0 radical (unpaired) electrons. The first-order valence-corrected chi connectivity index (χ1v) is 11.4. The van der Waals surface area contributed by atoms with E-state index in [4.69, 9.17) is 0 Å². The molecule has 27 heavy (non-hydrogen) atoms. The lowest BCUT2D eigenvalue weighted by Gasteiger charge is -2.31. The van der Waals surface area contributed by atoms with Gasteiger partial charge >= 0.3 is 0 Å². The number of fused-ring (bicyclic) bond motifs is 1. The van der Waals surface area contributed by atoms with Crippen molar-refractivity contribution in [2.75, 3.05) is 26.4 Å². The molecule has 7 nitrogen and oxygen atoms in total. The number of nitrogens with one attached hydrogen (secondary N) is 1. The van der Waals surface area contributed by atoms with Gasteiger partial charge in [-0.25, -0.2) is 13.4 Å². The van der Waals surface area contributed by atoms with Crippen molar-refractivity contribution in [3.8, 4) is 0 Å². The average Bonchev–Trinajstić information content (AvgIpc) is 3.06. The fourth-order valence-electron chi connectivity index (χ4n) is 3.76. The number of hydrogen-bond donors (Lipinski definition) is 1. The van der Waals surface area contributed by atoms with Crippen molar-refractivity contribution in [3.05, 3.63) is 30.1 Å². The van der Waals surface area contributed by atoms with Crippen LogP contribution >= 0.6 is 0 Å². The lowest BCUT2D eigenvalue weighted by molar-refractivity contribution is 0.0947. The summed E-state index contributed by atoms with van der Waals surface area (Å²) in [5, 5.41) is 2.77. The molecule has 0 atom stereocenters. The number of rotatable bonds is 7. The molecule has 0 aromatic carbocycles. The monoisotopic (exact) mass is 392 g/mol. The van der Waals surface area contributed by atoms with Crippen molar-refractivity contribution in [1.82, 2.24) is 19.6 Å². The minimum Gasteiger partial charge on any atom is -0.351 e. The van der Waals surface area contributed by atoms with Crippen LogP contribution in [0, 0.1) is 0 Å². The number of carbonyl (C=O) groups is 1. The summed E-state index contributed by atoms with van der Waals surface area (Å²) in [6.07, 6.45) is 10.0. The minimum atomic E-state index is -3.53. The highest BCUT2D eigenvalue weighted by Crippen LogP contribution is 2.21. The molecule has 1 aliphatic carbocycles. The second-order valence-electron chi connectivity index (χ2n) is 7.35. The van der Waals surface area contributed by atoms with Gasteiger partial charge in [-0.15, -0.1) is 0 Å². The predicted octanol–water partition coefficient (Wildman–Crippen LogP) is 2.12. The van der Waals surface area contributed by atoms with Crippen molar-refractivity contribution < 1.29 is 13.2 Å². The highest BCUT2D eigenvalue weighted by molar-refractivity contribution is 7.90. The minimum absolute atomic E-state index is 0.111. The smallest absolute Gasteiger partial charge is 0.272 e. The summed E-state index contributed by atoms with van der Waals surface area (Å²) in [6.45, 7) is 1.47. The van der Waals surface area contributed by atoms with Gasteiger partial charge in [0.2, 0.25) is 15.0 Å². The molecule has 1 aliphatic rings. The van der Waals surface area contributed by atoms with E-state index in [0.717, 1.165) is 19.2 Å². The Labute approximate surface area is 160 Å². The largest absolute Gasteiger partial charge is 0.351 e. The molecule has 1 amide bonds. The number of imidazole rings is 1. The van der Waals surface area contributed by atoms with Crippen LogP contribution in [0.3, 0.4) is 0 Å². The summed E-state index contributed by atoms with van der Waals surface area (Å²) >= 11 is 0. The molecule has 0 unspecified atom stereocenters. The fourth-order valence-corrected chi connectivity index (χ4v) is 4.53. The van der Waals surface area contributed by atoms with Crippen molar-refractivity contribution in [2.45, 2.75) is 49.7 Å². The van der Waals surface area contributed by atoms with Gasteiger partial charge < -0.3 is 10.2 Å². The number of amides is 1. The molecule has 2 aromatic rings. The maximum Gasteiger partial charge on any atom is 0.272 e. The van der Waals surface area contributed by atoms with Gasteiger partial charge in [0.05, 0.1) is 5.52 Å². The molecule has 2 aromatic heterocycles. The molecular weight excluding hydrogens is 364 g/mol. The predicted molar refractivity (Wildman–Crippen MR) is 105 cm³/mol. The molecule has 148 valence electrons. The Morgan fingerprint density at radius 1 is 1.30 bits per heavy atom. The first kappa shape index (κ1) is 19.8. The van der Waals surface area contributed by atoms with E-state index in [-0.39, 0.29) is 16.8 Å². The van der Waals surface area contributed by atoms with E-state index in [2.05, 4.69) is 22.2 Å². The summed E-state index contributed by atoms with van der Waals surface area (Å²) in [5.74, 6) is -0.339. The van der Waals surface area contributed by atoms with Crippen molar-refractivity contribution in [1.29, 1.82) is 0 Å². The average molecular weight is 393 g/mol. The zero-order valence-electron chi connectivity index (χ0n) is 16.0. The second-order valence-corrected chi connectivity index (χ2v) is 9.26. The molecule has 0 bridgehead atoms. The van der Waals surface area contributed by atoms with Crippen LogP contribution in [0.1, 0.15) is 49.0 Å². The van der Waals surface area contributed by atoms with Crippen LogP contribution < -0.4 is 5.32 Å². The topological polar surface area (TPSA) is 83.8 Å². The molecular formula is C19H28N4O3S. The molecule has 3 rings (SSSR count). The Balaban J connectivity index is 1.60. The first-order chi connectivity index (χ1) is 12.9. The molecule has 0 spiro atoms.